The van der Waals surface area contributed by atoms with E-state index in [1.54, 1.807) is 6.33 Å². The molecule has 5 heteroatoms. The molecule has 1 aliphatic heterocycles. The molecule has 2 fully saturated rings. The van der Waals surface area contributed by atoms with E-state index in [4.69, 9.17) is 4.74 Å². The minimum atomic E-state index is 0.231. The molecule has 0 radical (unpaired) electrons. The lowest BCUT2D eigenvalue weighted by Gasteiger charge is -2.43. The molecule has 26 heavy (non-hydrogen) atoms. The number of nitrogens with one attached hydrogen (secondary N) is 1. The lowest BCUT2D eigenvalue weighted by molar-refractivity contribution is 0.0866. The van der Waals surface area contributed by atoms with Crippen molar-refractivity contribution in [2.75, 3.05) is 24.4 Å². The van der Waals surface area contributed by atoms with Gasteiger partial charge in [0, 0.05) is 5.69 Å². The summed E-state index contributed by atoms with van der Waals surface area (Å²) in [4.78, 5) is 10.1. The van der Waals surface area contributed by atoms with Gasteiger partial charge in [0.1, 0.15) is 0 Å². The molecule has 1 saturated carbocycles. The molecular formula is C21H23N3OS. The zero-order chi connectivity index (χ0) is 17.5. The van der Waals surface area contributed by atoms with E-state index in [1.165, 1.54) is 29.7 Å². The van der Waals surface area contributed by atoms with Gasteiger partial charge in [0.05, 0.1) is 42.0 Å². The van der Waals surface area contributed by atoms with Crippen molar-refractivity contribution in [3.05, 3.63) is 59.9 Å². The third-order valence-corrected chi connectivity index (χ3v) is 6.43. The number of morpholine rings is 1. The van der Waals surface area contributed by atoms with E-state index in [9.17, 15) is 0 Å². The molecule has 1 N–H and O–H groups in total. The van der Waals surface area contributed by atoms with Gasteiger partial charge in [-0.15, -0.1) is 11.8 Å². The summed E-state index contributed by atoms with van der Waals surface area (Å²) in [6.07, 6.45) is 6.61. The Bertz CT molecular complexity index is 903. The Hall–Kier alpha value is -1.98. The molecule has 1 aliphatic carbocycles. The van der Waals surface area contributed by atoms with E-state index in [0.29, 0.717) is 5.37 Å². The van der Waals surface area contributed by atoms with Crippen LogP contribution in [0.3, 0.4) is 0 Å². The van der Waals surface area contributed by atoms with Crippen LogP contribution in [0, 0.1) is 0 Å². The molecule has 1 saturated heterocycles. The van der Waals surface area contributed by atoms with Crippen molar-refractivity contribution in [2.24, 2.45) is 0 Å². The Kier molecular flexibility index (Phi) is 4.14. The van der Waals surface area contributed by atoms with Crippen molar-refractivity contribution >= 4 is 28.5 Å². The minimum Gasteiger partial charge on any atom is -0.376 e. The minimum absolute atomic E-state index is 0.231. The van der Waals surface area contributed by atoms with Crippen LogP contribution in [0.5, 0.6) is 0 Å². The largest absolute Gasteiger partial charge is 0.376 e. The molecule has 2 heterocycles. The maximum absolute atomic E-state index is 5.97. The summed E-state index contributed by atoms with van der Waals surface area (Å²) in [5.41, 5.74) is 6.13. The number of benzene rings is 2. The number of ether oxygens (including phenoxy) is 1. The number of anilines is 1. The van der Waals surface area contributed by atoms with Gasteiger partial charge in [0.2, 0.25) is 0 Å². The summed E-state index contributed by atoms with van der Waals surface area (Å²) in [6.45, 7) is 1.47. The smallest absolute Gasteiger partial charge is 0.0988 e. The molecule has 134 valence electrons. The number of fused-ring (bicyclic) bond motifs is 1. The Morgan fingerprint density at radius 3 is 2.65 bits per heavy atom. The van der Waals surface area contributed by atoms with Crippen molar-refractivity contribution in [3.8, 4) is 0 Å². The molecule has 2 unspecified atom stereocenters. The van der Waals surface area contributed by atoms with Crippen molar-refractivity contribution < 1.29 is 4.74 Å². The zero-order valence-electron chi connectivity index (χ0n) is 14.9. The highest BCUT2D eigenvalue weighted by atomic mass is 32.2. The highest BCUT2D eigenvalue weighted by Crippen LogP contribution is 2.41. The summed E-state index contributed by atoms with van der Waals surface area (Å²) in [6, 6.07) is 15.9. The van der Waals surface area contributed by atoms with E-state index < -0.39 is 0 Å². The molecule has 2 atom stereocenters. The van der Waals surface area contributed by atoms with Gasteiger partial charge >= 0.3 is 0 Å². The summed E-state index contributed by atoms with van der Waals surface area (Å²) in [7, 11) is 0. The van der Waals surface area contributed by atoms with Crippen LogP contribution in [0.1, 0.15) is 35.9 Å². The Balaban J connectivity index is 1.52. The number of aromatic nitrogens is 2. The van der Waals surface area contributed by atoms with Gasteiger partial charge in [-0.05, 0) is 54.3 Å². The van der Waals surface area contributed by atoms with E-state index in [0.717, 1.165) is 30.2 Å². The van der Waals surface area contributed by atoms with Crippen LogP contribution in [0.15, 0.2) is 48.8 Å². The molecule has 0 bridgehead atoms. The monoisotopic (exact) mass is 365 g/mol. The Morgan fingerprint density at radius 1 is 1.08 bits per heavy atom. The third-order valence-electron chi connectivity index (χ3n) is 5.53. The summed E-state index contributed by atoms with van der Waals surface area (Å²) < 4.78 is 5.97. The van der Waals surface area contributed by atoms with Crippen LogP contribution in [0.4, 0.5) is 5.69 Å². The third kappa shape index (κ3) is 2.89. The molecule has 3 aromatic rings. The first-order valence-corrected chi connectivity index (χ1v) is 10.5. The molecule has 4 nitrogen and oxygen atoms in total. The molecule has 0 amide bonds. The number of aromatic amines is 1. The second kappa shape index (κ2) is 6.63. The number of thioether (sulfide) groups is 1. The van der Waals surface area contributed by atoms with Crippen molar-refractivity contribution in [2.45, 2.75) is 30.2 Å². The second-order valence-corrected chi connectivity index (χ2v) is 8.21. The van der Waals surface area contributed by atoms with Crippen LogP contribution in [0.2, 0.25) is 0 Å². The van der Waals surface area contributed by atoms with Crippen LogP contribution in [0.25, 0.3) is 11.0 Å². The molecule has 2 aliphatic rings. The summed E-state index contributed by atoms with van der Waals surface area (Å²) in [5, 5.41) is 0.303. The summed E-state index contributed by atoms with van der Waals surface area (Å²) in [5.74, 6) is 0.796. The first-order chi connectivity index (χ1) is 12.8. The predicted molar refractivity (Wildman–Crippen MR) is 108 cm³/mol. The van der Waals surface area contributed by atoms with Gasteiger partial charge in [0.25, 0.3) is 0 Å². The van der Waals surface area contributed by atoms with Crippen molar-refractivity contribution in [1.29, 1.82) is 0 Å². The standard InChI is InChI=1S/C21H23N3OS/c1-26-21-12-25-11-20(16-6-4-15(5-7-16)14-2-3-14)24(21)17-8-9-18-19(10-17)23-13-22-18/h4-10,13-14,20-21H,2-3,11-12H2,1H3,(H,22,23). The predicted octanol–water partition coefficient (Wildman–Crippen LogP) is 4.71. The number of hydrogen-bond acceptors (Lipinski definition) is 4. The average molecular weight is 366 g/mol. The van der Waals surface area contributed by atoms with Gasteiger partial charge in [0.15, 0.2) is 0 Å². The lowest BCUT2D eigenvalue weighted by Crippen LogP contribution is -2.46. The first-order valence-electron chi connectivity index (χ1n) is 9.25. The lowest BCUT2D eigenvalue weighted by atomic mass is 10.0. The maximum atomic E-state index is 5.97. The van der Waals surface area contributed by atoms with Crippen LogP contribution in [-0.4, -0.2) is 34.8 Å². The van der Waals surface area contributed by atoms with Gasteiger partial charge in [-0.2, -0.15) is 0 Å². The van der Waals surface area contributed by atoms with Gasteiger partial charge in [-0.25, -0.2) is 4.98 Å². The number of nitrogens with zero attached hydrogens (tertiary/aromatic N) is 2. The van der Waals surface area contributed by atoms with Crippen LogP contribution in [-0.2, 0) is 4.74 Å². The Labute approximate surface area is 158 Å². The van der Waals surface area contributed by atoms with Crippen molar-refractivity contribution in [1.82, 2.24) is 9.97 Å². The number of imidazole rings is 1. The second-order valence-electron chi connectivity index (χ2n) is 7.20. The fraction of sp³-hybridized carbons (Fsp3) is 0.381. The van der Waals surface area contributed by atoms with E-state index >= 15 is 0 Å². The van der Waals surface area contributed by atoms with E-state index in [2.05, 4.69) is 63.6 Å². The van der Waals surface area contributed by atoms with E-state index in [1.807, 2.05) is 11.8 Å². The highest BCUT2D eigenvalue weighted by Gasteiger charge is 2.33. The molecular weight excluding hydrogens is 342 g/mol. The fourth-order valence-corrected chi connectivity index (χ4v) is 4.65. The highest BCUT2D eigenvalue weighted by molar-refractivity contribution is 7.99. The molecule has 0 spiro atoms. The topological polar surface area (TPSA) is 41.1 Å². The average Bonchev–Trinajstić information content (AvgIpc) is 3.44. The van der Waals surface area contributed by atoms with E-state index in [-0.39, 0.29) is 6.04 Å². The van der Waals surface area contributed by atoms with Gasteiger partial charge in [-0.1, -0.05) is 24.3 Å². The first kappa shape index (κ1) is 16.2. The van der Waals surface area contributed by atoms with Crippen LogP contribution < -0.4 is 4.90 Å². The number of hydrogen-bond donors (Lipinski definition) is 1. The Morgan fingerprint density at radius 2 is 1.88 bits per heavy atom. The molecule has 5 rings (SSSR count). The maximum Gasteiger partial charge on any atom is 0.0988 e. The molecule has 1 aromatic heterocycles. The summed E-state index contributed by atoms with van der Waals surface area (Å²) >= 11 is 1.85. The van der Waals surface area contributed by atoms with Crippen LogP contribution >= 0.6 is 11.8 Å². The van der Waals surface area contributed by atoms with Crippen molar-refractivity contribution in [3.63, 3.8) is 0 Å². The number of H-pyrrole nitrogens is 1. The fourth-order valence-electron chi connectivity index (χ4n) is 3.92. The van der Waals surface area contributed by atoms with Gasteiger partial charge in [-0.3, -0.25) is 0 Å². The normalized spacial score (nSPS) is 23.5. The number of rotatable bonds is 4. The van der Waals surface area contributed by atoms with Gasteiger partial charge < -0.3 is 14.6 Å². The quantitative estimate of drug-likeness (QED) is 0.727. The zero-order valence-corrected chi connectivity index (χ0v) is 15.7. The SMILES string of the molecule is CSC1COCC(c2ccc(C3CC3)cc2)N1c1ccc2nc[nH]c2c1. The molecule has 2 aromatic carbocycles.